The van der Waals surface area contributed by atoms with Gasteiger partial charge in [-0.15, -0.1) is 0 Å². The van der Waals surface area contributed by atoms with Crippen LogP contribution in [0.2, 0.25) is 10.0 Å². The minimum absolute atomic E-state index is 0.0524. The van der Waals surface area contributed by atoms with E-state index < -0.39 is 12.6 Å². The van der Waals surface area contributed by atoms with Gasteiger partial charge >= 0.3 is 5.97 Å². The van der Waals surface area contributed by atoms with Gasteiger partial charge in [0.2, 0.25) is 5.91 Å². The molecule has 3 rings (SSSR count). The van der Waals surface area contributed by atoms with Crippen molar-refractivity contribution in [2.45, 2.75) is 19.3 Å². The molecule has 5 nitrogen and oxygen atoms in total. The fourth-order valence-electron chi connectivity index (χ4n) is 2.83. The van der Waals surface area contributed by atoms with Gasteiger partial charge in [0.1, 0.15) is 5.75 Å². The molecule has 0 aromatic heterocycles. The smallest absolute Gasteiger partial charge is 0.341 e. The summed E-state index contributed by atoms with van der Waals surface area (Å²) in [5.41, 5.74) is 2.49. The van der Waals surface area contributed by atoms with Gasteiger partial charge in [0.25, 0.3) is 0 Å². The van der Waals surface area contributed by atoms with Gasteiger partial charge in [-0.1, -0.05) is 29.3 Å². The second kappa shape index (κ2) is 7.56. The van der Waals surface area contributed by atoms with E-state index >= 15 is 0 Å². The molecule has 2 atom stereocenters. The molecule has 2 N–H and O–H groups in total. The number of halogens is 2. The van der Waals surface area contributed by atoms with Crippen LogP contribution in [-0.4, -0.2) is 23.6 Å². The number of aliphatic carboxylic acids is 1. The first-order chi connectivity index (χ1) is 12.3. The minimum atomic E-state index is -1.04. The molecule has 2 aromatic carbocycles. The zero-order valence-electron chi connectivity index (χ0n) is 14.0. The third-order valence-corrected chi connectivity index (χ3v) is 5.06. The molecule has 26 heavy (non-hydrogen) atoms. The molecule has 1 aliphatic rings. The molecule has 1 aliphatic carbocycles. The summed E-state index contributed by atoms with van der Waals surface area (Å²) in [6.45, 7) is 1.42. The van der Waals surface area contributed by atoms with E-state index in [1.165, 1.54) is 0 Å². The quantitative estimate of drug-likeness (QED) is 0.756. The monoisotopic (exact) mass is 393 g/mol. The van der Waals surface area contributed by atoms with Crippen LogP contribution >= 0.6 is 23.2 Å². The number of carboxylic acid groups (broad SMARTS) is 1. The van der Waals surface area contributed by atoms with Crippen LogP contribution < -0.4 is 10.1 Å². The highest BCUT2D eigenvalue weighted by molar-refractivity contribution is 6.42. The van der Waals surface area contributed by atoms with Gasteiger partial charge in [0.05, 0.1) is 10.0 Å². The summed E-state index contributed by atoms with van der Waals surface area (Å²) in [6.07, 6.45) is 0.767. The Labute approximate surface area is 160 Å². The maximum absolute atomic E-state index is 12.5. The average molecular weight is 394 g/mol. The van der Waals surface area contributed by atoms with E-state index in [-0.39, 0.29) is 17.7 Å². The third-order valence-electron chi connectivity index (χ3n) is 4.32. The molecule has 0 saturated heterocycles. The van der Waals surface area contributed by atoms with Crippen molar-refractivity contribution in [2.24, 2.45) is 5.92 Å². The van der Waals surface area contributed by atoms with Gasteiger partial charge in [-0.25, -0.2) is 4.79 Å². The van der Waals surface area contributed by atoms with Gasteiger partial charge in [-0.3, -0.25) is 4.79 Å². The van der Waals surface area contributed by atoms with Crippen molar-refractivity contribution < 1.29 is 19.4 Å². The van der Waals surface area contributed by atoms with Crippen LogP contribution in [0.15, 0.2) is 36.4 Å². The van der Waals surface area contributed by atoms with Crippen molar-refractivity contribution in [3.8, 4) is 5.75 Å². The molecule has 1 saturated carbocycles. The van der Waals surface area contributed by atoms with Crippen molar-refractivity contribution in [1.82, 2.24) is 0 Å². The largest absolute Gasteiger partial charge is 0.482 e. The Morgan fingerprint density at radius 1 is 1.19 bits per heavy atom. The number of hydrogen-bond acceptors (Lipinski definition) is 3. The van der Waals surface area contributed by atoms with Crippen LogP contribution in [0.1, 0.15) is 23.5 Å². The predicted octanol–water partition coefficient (Wildman–Crippen LogP) is 4.51. The molecule has 0 aliphatic heterocycles. The zero-order valence-corrected chi connectivity index (χ0v) is 15.5. The summed E-state index contributed by atoms with van der Waals surface area (Å²) in [4.78, 5) is 23.0. The molecule has 7 heteroatoms. The molecule has 0 radical (unpaired) electrons. The summed E-state index contributed by atoms with van der Waals surface area (Å²) >= 11 is 12.0. The fraction of sp³-hybridized carbons (Fsp3) is 0.263. The van der Waals surface area contributed by atoms with Crippen molar-refractivity contribution in [3.05, 3.63) is 57.6 Å². The van der Waals surface area contributed by atoms with Gasteiger partial charge in [-0.05, 0) is 60.7 Å². The van der Waals surface area contributed by atoms with E-state index in [1.807, 2.05) is 19.1 Å². The van der Waals surface area contributed by atoms with Gasteiger partial charge in [0, 0.05) is 11.6 Å². The van der Waals surface area contributed by atoms with E-state index in [1.54, 1.807) is 24.3 Å². The van der Waals surface area contributed by atoms with Crippen LogP contribution in [0.5, 0.6) is 5.75 Å². The molecule has 0 heterocycles. The lowest BCUT2D eigenvalue weighted by molar-refractivity contribution is -0.139. The first-order valence-electron chi connectivity index (χ1n) is 8.06. The maximum Gasteiger partial charge on any atom is 0.341 e. The molecule has 1 fully saturated rings. The van der Waals surface area contributed by atoms with E-state index in [9.17, 15) is 9.59 Å². The van der Waals surface area contributed by atoms with Crippen molar-refractivity contribution in [1.29, 1.82) is 0 Å². The number of rotatable bonds is 6. The van der Waals surface area contributed by atoms with E-state index in [4.69, 9.17) is 33.0 Å². The number of carbonyl (C=O) groups is 2. The molecule has 0 bridgehead atoms. The number of nitrogens with one attached hydrogen (secondary N) is 1. The maximum atomic E-state index is 12.5. The lowest BCUT2D eigenvalue weighted by atomic mass is 10.1. The van der Waals surface area contributed by atoms with Crippen molar-refractivity contribution >= 4 is 40.8 Å². The lowest BCUT2D eigenvalue weighted by Gasteiger charge is -2.11. The van der Waals surface area contributed by atoms with E-state index in [0.29, 0.717) is 21.5 Å². The summed E-state index contributed by atoms with van der Waals surface area (Å²) in [5, 5.41) is 12.5. The highest BCUT2D eigenvalue weighted by Gasteiger charge is 2.44. The van der Waals surface area contributed by atoms with E-state index in [0.717, 1.165) is 17.5 Å². The summed E-state index contributed by atoms with van der Waals surface area (Å²) in [7, 11) is 0. The van der Waals surface area contributed by atoms with Crippen molar-refractivity contribution in [2.75, 3.05) is 11.9 Å². The Morgan fingerprint density at radius 3 is 2.62 bits per heavy atom. The molecule has 2 unspecified atom stereocenters. The first kappa shape index (κ1) is 18.5. The number of amides is 1. The molecule has 2 aromatic rings. The van der Waals surface area contributed by atoms with Crippen molar-refractivity contribution in [3.63, 3.8) is 0 Å². The number of ether oxygens (including phenoxy) is 1. The molecule has 0 spiro atoms. The number of carbonyl (C=O) groups excluding carboxylic acids is 1. The summed E-state index contributed by atoms with van der Waals surface area (Å²) < 4.78 is 5.13. The Bertz CT molecular complexity index is 869. The van der Waals surface area contributed by atoms with Crippen LogP contribution in [-0.2, 0) is 9.59 Å². The molecular formula is C19H17Cl2NO4. The van der Waals surface area contributed by atoms with Crippen LogP contribution in [0.4, 0.5) is 5.69 Å². The number of aryl methyl sites for hydroxylation is 1. The number of hydrogen-bond donors (Lipinski definition) is 2. The SMILES string of the molecule is Cc1cc(OCC(=O)O)ccc1NC(=O)C1CC1c1ccc(Cl)c(Cl)c1. The number of benzene rings is 2. The van der Waals surface area contributed by atoms with Gasteiger partial charge < -0.3 is 15.2 Å². The third kappa shape index (κ3) is 4.29. The normalized spacial score (nSPS) is 18.3. The zero-order chi connectivity index (χ0) is 18.8. The topological polar surface area (TPSA) is 75.6 Å². The number of carboxylic acids is 1. The highest BCUT2D eigenvalue weighted by Crippen LogP contribution is 2.49. The number of anilines is 1. The molecule has 1 amide bonds. The second-order valence-electron chi connectivity index (χ2n) is 6.27. The Kier molecular flexibility index (Phi) is 5.39. The van der Waals surface area contributed by atoms with Crippen LogP contribution in [0.25, 0.3) is 0 Å². The first-order valence-corrected chi connectivity index (χ1v) is 8.82. The van der Waals surface area contributed by atoms with Crippen LogP contribution in [0, 0.1) is 12.8 Å². The standard InChI is InChI=1S/C19H17Cl2NO4/c1-10-6-12(26-9-18(23)24)3-5-17(10)22-19(25)14-8-13(14)11-2-4-15(20)16(21)7-11/h2-7,13-14H,8-9H2,1H3,(H,22,25)(H,23,24). The average Bonchev–Trinajstić information content (AvgIpc) is 3.38. The Balaban J connectivity index is 1.62. The summed E-state index contributed by atoms with van der Waals surface area (Å²) in [6, 6.07) is 10.5. The van der Waals surface area contributed by atoms with Gasteiger partial charge in [0.15, 0.2) is 6.61 Å². The minimum Gasteiger partial charge on any atom is -0.482 e. The Morgan fingerprint density at radius 2 is 1.96 bits per heavy atom. The van der Waals surface area contributed by atoms with E-state index in [2.05, 4.69) is 5.32 Å². The predicted molar refractivity (Wildman–Crippen MR) is 100 cm³/mol. The van der Waals surface area contributed by atoms with Gasteiger partial charge in [-0.2, -0.15) is 0 Å². The molecule has 136 valence electrons. The highest BCUT2D eigenvalue weighted by atomic mass is 35.5. The second-order valence-corrected chi connectivity index (χ2v) is 7.09. The lowest BCUT2D eigenvalue weighted by Crippen LogP contribution is -2.15. The van der Waals surface area contributed by atoms with Crippen LogP contribution in [0.3, 0.4) is 0 Å². The summed E-state index contributed by atoms with van der Waals surface area (Å²) in [5.74, 6) is -0.605. The fourth-order valence-corrected chi connectivity index (χ4v) is 3.14. The molecular weight excluding hydrogens is 377 g/mol. The Hall–Kier alpha value is -2.24.